The van der Waals surface area contributed by atoms with Gasteiger partial charge in [0.15, 0.2) is 5.82 Å². The summed E-state index contributed by atoms with van der Waals surface area (Å²) < 4.78 is 18.2. The van der Waals surface area contributed by atoms with E-state index < -0.39 is 11.9 Å². The summed E-state index contributed by atoms with van der Waals surface area (Å²) in [6.45, 7) is 1.63. The Morgan fingerprint density at radius 2 is 1.93 bits per heavy atom. The van der Waals surface area contributed by atoms with E-state index in [1.54, 1.807) is 31.2 Å². The van der Waals surface area contributed by atoms with Crippen LogP contribution in [-0.2, 0) is 0 Å². The molecule has 0 bridgehead atoms. The van der Waals surface area contributed by atoms with E-state index in [-0.39, 0.29) is 5.56 Å². The molecule has 0 radical (unpaired) electrons. The lowest BCUT2D eigenvalue weighted by molar-refractivity contribution is 0.213. The number of aliphatic hydroxyl groups is 1. The first-order valence-electron chi connectivity index (χ1n) is 4.66. The van der Waals surface area contributed by atoms with E-state index in [0.29, 0.717) is 11.3 Å². The SMILES string of the molecule is Cc1occ(F)c1C(O)c1ccccc1. The number of furan rings is 1. The largest absolute Gasteiger partial charge is 0.466 e. The molecule has 2 aromatic rings. The quantitative estimate of drug-likeness (QED) is 0.819. The fourth-order valence-electron chi connectivity index (χ4n) is 1.56. The van der Waals surface area contributed by atoms with Gasteiger partial charge in [0.25, 0.3) is 0 Å². The van der Waals surface area contributed by atoms with Crippen LogP contribution >= 0.6 is 0 Å². The second-order valence-corrected chi connectivity index (χ2v) is 3.37. The molecule has 0 saturated carbocycles. The van der Waals surface area contributed by atoms with Gasteiger partial charge in [0, 0.05) is 0 Å². The molecule has 1 unspecified atom stereocenters. The summed E-state index contributed by atoms with van der Waals surface area (Å²) in [6, 6.07) is 8.93. The Kier molecular flexibility index (Phi) is 2.56. The molecule has 0 spiro atoms. The van der Waals surface area contributed by atoms with Crippen LogP contribution < -0.4 is 0 Å². The summed E-state index contributed by atoms with van der Waals surface area (Å²) in [5.41, 5.74) is 0.863. The fourth-order valence-corrected chi connectivity index (χ4v) is 1.56. The Labute approximate surface area is 87.0 Å². The number of rotatable bonds is 2. The van der Waals surface area contributed by atoms with Gasteiger partial charge in [-0.1, -0.05) is 30.3 Å². The molecule has 1 heterocycles. The second-order valence-electron chi connectivity index (χ2n) is 3.37. The topological polar surface area (TPSA) is 33.4 Å². The van der Waals surface area contributed by atoms with Gasteiger partial charge in [-0.25, -0.2) is 4.39 Å². The molecule has 0 saturated heterocycles. The molecule has 0 fully saturated rings. The summed E-state index contributed by atoms with van der Waals surface area (Å²) in [4.78, 5) is 0. The van der Waals surface area contributed by atoms with Crippen molar-refractivity contribution in [1.82, 2.24) is 0 Å². The number of hydrogen-bond donors (Lipinski definition) is 1. The monoisotopic (exact) mass is 206 g/mol. The van der Waals surface area contributed by atoms with Gasteiger partial charge in [0.05, 0.1) is 5.56 Å². The van der Waals surface area contributed by atoms with Gasteiger partial charge in [-0.15, -0.1) is 0 Å². The molecule has 1 N–H and O–H groups in total. The molecule has 15 heavy (non-hydrogen) atoms. The Balaban J connectivity index is 2.41. The summed E-state index contributed by atoms with van der Waals surface area (Å²) >= 11 is 0. The molecular weight excluding hydrogens is 195 g/mol. The first kappa shape index (κ1) is 9.93. The zero-order chi connectivity index (χ0) is 10.8. The Hall–Kier alpha value is -1.61. The highest BCUT2D eigenvalue weighted by atomic mass is 19.1. The van der Waals surface area contributed by atoms with Crippen molar-refractivity contribution in [1.29, 1.82) is 0 Å². The van der Waals surface area contributed by atoms with Gasteiger partial charge < -0.3 is 9.52 Å². The average molecular weight is 206 g/mol. The predicted molar refractivity (Wildman–Crippen MR) is 53.9 cm³/mol. The molecule has 0 aliphatic heterocycles. The van der Waals surface area contributed by atoms with Crippen LogP contribution in [0.4, 0.5) is 4.39 Å². The first-order chi connectivity index (χ1) is 7.20. The Bertz CT molecular complexity index is 428. The van der Waals surface area contributed by atoms with Crippen molar-refractivity contribution in [2.24, 2.45) is 0 Å². The van der Waals surface area contributed by atoms with Crippen LogP contribution in [0.15, 0.2) is 41.0 Å². The van der Waals surface area contributed by atoms with E-state index in [4.69, 9.17) is 4.42 Å². The van der Waals surface area contributed by atoms with E-state index in [2.05, 4.69) is 0 Å². The van der Waals surface area contributed by atoms with Crippen LogP contribution in [0.25, 0.3) is 0 Å². The smallest absolute Gasteiger partial charge is 0.167 e. The zero-order valence-electron chi connectivity index (χ0n) is 8.27. The lowest BCUT2D eigenvalue weighted by atomic mass is 10.0. The predicted octanol–water partition coefficient (Wildman–Crippen LogP) is 2.81. The molecule has 3 heteroatoms. The van der Waals surface area contributed by atoms with E-state index >= 15 is 0 Å². The number of aryl methyl sites for hydroxylation is 1. The Morgan fingerprint density at radius 3 is 2.47 bits per heavy atom. The molecule has 0 aliphatic rings. The minimum Gasteiger partial charge on any atom is -0.466 e. The van der Waals surface area contributed by atoms with Gasteiger partial charge in [-0.2, -0.15) is 0 Å². The van der Waals surface area contributed by atoms with Crippen molar-refractivity contribution in [2.45, 2.75) is 13.0 Å². The third-order valence-corrected chi connectivity index (χ3v) is 2.36. The lowest BCUT2D eigenvalue weighted by Crippen LogP contribution is -2.01. The van der Waals surface area contributed by atoms with Crippen LogP contribution in [0, 0.1) is 12.7 Å². The van der Waals surface area contributed by atoms with Crippen molar-refractivity contribution in [3.8, 4) is 0 Å². The van der Waals surface area contributed by atoms with Crippen molar-refractivity contribution in [2.75, 3.05) is 0 Å². The van der Waals surface area contributed by atoms with Crippen LogP contribution in [0.5, 0.6) is 0 Å². The molecule has 78 valence electrons. The highest BCUT2D eigenvalue weighted by molar-refractivity contribution is 5.31. The highest BCUT2D eigenvalue weighted by Crippen LogP contribution is 2.27. The third kappa shape index (κ3) is 1.78. The van der Waals surface area contributed by atoms with Gasteiger partial charge in [0.1, 0.15) is 18.1 Å². The number of benzene rings is 1. The van der Waals surface area contributed by atoms with E-state index in [1.165, 1.54) is 0 Å². The van der Waals surface area contributed by atoms with Gasteiger partial charge in [-0.05, 0) is 12.5 Å². The van der Waals surface area contributed by atoms with Crippen LogP contribution in [-0.4, -0.2) is 5.11 Å². The van der Waals surface area contributed by atoms with Crippen molar-refractivity contribution in [3.05, 3.63) is 59.3 Å². The molecule has 2 nitrogen and oxygen atoms in total. The van der Waals surface area contributed by atoms with Crippen LogP contribution in [0.1, 0.15) is 23.0 Å². The third-order valence-electron chi connectivity index (χ3n) is 2.36. The molecule has 2 rings (SSSR count). The lowest BCUT2D eigenvalue weighted by Gasteiger charge is -2.09. The number of aliphatic hydroxyl groups excluding tert-OH is 1. The Morgan fingerprint density at radius 1 is 1.27 bits per heavy atom. The van der Waals surface area contributed by atoms with E-state index in [0.717, 1.165) is 6.26 Å². The maximum Gasteiger partial charge on any atom is 0.167 e. The molecule has 1 aromatic heterocycles. The summed E-state index contributed by atoms with van der Waals surface area (Å²) in [5.74, 6) is -0.104. The molecule has 0 aliphatic carbocycles. The average Bonchev–Trinajstić information content (AvgIpc) is 2.59. The number of hydrogen-bond acceptors (Lipinski definition) is 2. The first-order valence-corrected chi connectivity index (χ1v) is 4.66. The molecule has 1 atom stereocenters. The van der Waals surface area contributed by atoms with E-state index in [9.17, 15) is 9.50 Å². The highest BCUT2D eigenvalue weighted by Gasteiger charge is 2.20. The minimum atomic E-state index is -0.968. The van der Waals surface area contributed by atoms with Gasteiger partial charge in [-0.3, -0.25) is 0 Å². The van der Waals surface area contributed by atoms with Gasteiger partial charge >= 0.3 is 0 Å². The van der Waals surface area contributed by atoms with Crippen molar-refractivity contribution in [3.63, 3.8) is 0 Å². The summed E-state index contributed by atoms with van der Waals surface area (Å²) in [5, 5.41) is 9.94. The van der Waals surface area contributed by atoms with E-state index in [1.807, 2.05) is 6.07 Å². The standard InChI is InChI=1S/C12H11FO2/c1-8-11(10(13)7-15-8)12(14)9-5-3-2-4-6-9/h2-7,12,14H,1H3. The van der Waals surface area contributed by atoms with Gasteiger partial charge in [0.2, 0.25) is 0 Å². The fraction of sp³-hybridized carbons (Fsp3) is 0.167. The van der Waals surface area contributed by atoms with Crippen LogP contribution in [0.2, 0.25) is 0 Å². The van der Waals surface area contributed by atoms with Crippen molar-refractivity contribution < 1.29 is 13.9 Å². The molecule has 1 aromatic carbocycles. The summed E-state index contributed by atoms with van der Waals surface area (Å²) in [6.07, 6.45) is 0.0431. The van der Waals surface area contributed by atoms with Crippen LogP contribution in [0.3, 0.4) is 0 Å². The maximum absolute atomic E-state index is 13.3. The number of halogens is 1. The second kappa shape index (κ2) is 3.87. The van der Waals surface area contributed by atoms with Crippen molar-refractivity contribution >= 4 is 0 Å². The molecule has 0 amide bonds. The molecular formula is C12H11FO2. The summed E-state index contributed by atoms with van der Waals surface area (Å²) in [7, 11) is 0. The maximum atomic E-state index is 13.3. The zero-order valence-corrected chi connectivity index (χ0v) is 8.27. The normalized spacial score (nSPS) is 12.7. The minimum absolute atomic E-state index is 0.209.